The van der Waals surface area contributed by atoms with E-state index in [1.165, 1.54) is 10.6 Å². The molecule has 0 spiro atoms. The number of aliphatic hydroxyl groups is 1. The van der Waals surface area contributed by atoms with E-state index in [2.05, 4.69) is 26.6 Å². The van der Waals surface area contributed by atoms with Crippen molar-refractivity contribution in [3.63, 3.8) is 0 Å². The molecule has 0 unspecified atom stereocenters. The van der Waals surface area contributed by atoms with Crippen LogP contribution in [-0.2, 0) is 65.2 Å². The highest BCUT2D eigenvalue weighted by Gasteiger charge is 2.50. The van der Waals surface area contributed by atoms with E-state index in [0.29, 0.717) is 69.5 Å². The number of nitrogens with two attached hydrogens (primary N) is 1. The number of carbonyl (C=O) groups is 6. The van der Waals surface area contributed by atoms with Gasteiger partial charge in [0, 0.05) is 41.2 Å². The number of ether oxygens (including phenoxy) is 3. The van der Waals surface area contributed by atoms with E-state index < -0.39 is 64.5 Å². The summed E-state index contributed by atoms with van der Waals surface area (Å²) in [5.74, 6) is -2.52. The van der Waals surface area contributed by atoms with Crippen LogP contribution in [0.15, 0.2) is 41.2 Å². The number of esters is 1. The zero-order valence-corrected chi connectivity index (χ0v) is 37.6. The Morgan fingerprint density at radius 2 is 1.82 bits per heavy atom. The number of anilines is 1. The minimum Gasteiger partial charge on any atom is -0.458 e. The molecule has 19 nitrogen and oxygen atoms in total. The number of alkyl carbamates (subject to hydrolysis) is 1. The zero-order valence-electron chi connectivity index (χ0n) is 37.6. The predicted octanol–water partition coefficient (Wildman–Crippen LogP) is 3.24. The molecule has 20 heteroatoms. The van der Waals surface area contributed by atoms with Crippen LogP contribution in [0.25, 0.3) is 22.3 Å². The largest absolute Gasteiger partial charge is 0.458 e. The SMILES string of the molecule is CC[C@]1(O)C(=O)OCc2c1cc1n(c2=O)Cc2c-1nc1cc(F)c(C)c3c1c2[C@H](NC(=O)C1(NC(=O)OCc2ccc(NC(=O)[C@H](CCCNC(N)=O)NC(=O)CC(C)C)cc2)COC1)CC3. The first-order chi connectivity index (χ1) is 31.9. The van der Waals surface area contributed by atoms with E-state index in [4.69, 9.17) is 24.9 Å². The summed E-state index contributed by atoms with van der Waals surface area (Å²) in [5, 5.41) is 25.9. The number of pyridine rings is 2. The van der Waals surface area contributed by atoms with Gasteiger partial charge in [0.1, 0.15) is 25.1 Å². The first-order valence-corrected chi connectivity index (χ1v) is 22.3. The van der Waals surface area contributed by atoms with Crippen LogP contribution in [0.2, 0.25) is 0 Å². The van der Waals surface area contributed by atoms with E-state index in [-0.39, 0.29) is 81.7 Å². The van der Waals surface area contributed by atoms with Crippen molar-refractivity contribution in [2.75, 3.05) is 25.1 Å². The first kappa shape index (κ1) is 46.6. The maximum absolute atomic E-state index is 15.4. The fraction of sp³-hybridized carbons (Fsp3) is 0.447. The number of rotatable bonds is 15. The van der Waals surface area contributed by atoms with Gasteiger partial charge in [0.2, 0.25) is 11.8 Å². The van der Waals surface area contributed by atoms with Crippen LogP contribution in [0, 0.1) is 18.7 Å². The van der Waals surface area contributed by atoms with Gasteiger partial charge in [-0.3, -0.25) is 19.2 Å². The molecular weight excluding hydrogens is 872 g/mol. The molecular formula is C47H53FN8O11. The van der Waals surface area contributed by atoms with E-state index in [1.54, 1.807) is 44.2 Å². The molecule has 8 N–H and O–H groups in total. The van der Waals surface area contributed by atoms with E-state index in [1.807, 2.05) is 13.8 Å². The molecule has 1 aliphatic carbocycles. The summed E-state index contributed by atoms with van der Waals surface area (Å²) in [7, 11) is 0. The smallest absolute Gasteiger partial charge is 0.408 e. The number of primary amides is 1. The molecule has 354 valence electrons. The fourth-order valence-electron chi connectivity index (χ4n) is 9.27. The molecule has 4 aliphatic rings. The van der Waals surface area contributed by atoms with Gasteiger partial charge in [-0.25, -0.2) is 23.8 Å². The van der Waals surface area contributed by atoms with Crippen molar-refractivity contribution in [1.82, 2.24) is 30.8 Å². The van der Waals surface area contributed by atoms with Crippen LogP contribution in [0.3, 0.4) is 0 Å². The lowest BCUT2D eigenvalue weighted by molar-refractivity contribution is -0.172. The molecule has 3 atom stereocenters. The zero-order chi connectivity index (χ0) is 47.9. The Bertz CT molecular complexity index is 2770. The summed E-state index contributed by atoms with van der Waals surface area (Å²) in [4.78, 5) is 96.1. The van der Waals surface area contributed by atoms with Gasteiger partial charge in [-0.2, -0.15) is 0 Å². The van der Waals surface area contributed by atoms with Crippen molar-refractivity contribution in [3.05, 3.63) is 91.5 Å². The van der Waals surface area contributed by atoms with Gasteiger partial charge < -0.3 is 56.2 Å². The summed E-state index contributed by atoms with van der Waals surface area (Å²) in [6.45, 7) is 6.57. The molecule has 2 aromatic heterocycles. The van der Waals surface area contributed by atoms with Gasteiger partial charge in [0.25, 0.3) is 11.5 Å². The highest BCUT2D eigenvalue weighted by Crippen LogP contribution is 2.46. The second kappa shape index (κ2) is 18.4. The first-order valence-electron chi connectivity index (χ1n) is 22.3. The monoisotopic (exact) mass is 924 g/mol. The highest BCUT2D eigenvalue weighted by atomic mass is 19.1. The average molecular weight is 925 g/mol. The van der Waals surface area contributed by atoms with Crippen molar-refractivity contribution in [1.29, 1.82) is 0 Å². The number of nitrogens with zero attached hydrogens (tertiary/aromatic N) is 2. The number of cyclic esters (lactones) is 1. The molecule has 4 aromatic rings. The van der Waals surface area contributed by atoms with Gasteiger partial charge in [-0.05, 0) is 85.4 Å². The third-order valence-electron chi connectivity index (χ3n) is 13.0. The Labute approximate surface area is 383 Å². The topological polar surface area (TPSA) is 271 Å². The van der Waals surface area contributed by atoms with E-state index in [9.17, 15) is 38.7 Å². The van der Waals surface area contributed by atoms with Crippen molar-refractivity contribution >= 4 is 52.4 Å². The van der Waals surface area contributed by atoms with Crippen LogP contribution >= 0.6 is 0 Å². The number of aromatic nitrogens is 2. The number of halogens is 1. The Morgan fingerprint density at radius 3 is 2.49 bits per heavy atom. The number of benzene rings is 2. The van der Waals surface area contributed by atoms with Gasteiger partial charge in [-0.1, -0.05) is 32.9 Å². The summed E-state index contributed by atoms with van der Waals surface area (Å²) in [6, 6.07) is 7.18. The molecule has 5 heterocycles. The third kappa shape index (κ3) is 8.89. The lowest BCUT2D eigenvalue weighted by Crippen LogP contribution is -2.70. The minimum atomic E-state index is -2.05. The van der Waals surface area contributed by atoms with Crippen LogP contribution in [0.5, 0.6) is 0 Å². The predicted molar refractivity (Wildman–Crippen MR) is 239 cm³/mol. The molecule has 6 amide bonds. The third-order valence-corrected chi connectivity index (χ3v) is 13.0. The average Bonchev–Trinajstić information content (AvgIpc) is 3.64. The second-order valence-corrected chi connectivity index (χ2v) is 18.0. The van der Waals surface area contributed by atoms with Crippen molar-refractivity contribution < 1.29 is 52.5 Å². The van der Waals surface area contributed by atoms with Gasteiger partial charge >= 0.3 is 18.1 Å². The second-order valence-electron chi connectivity index (χ2n) is 18.0. The normalized spacial score (nSPS) is 18.9. The molecule has 1 saturated heterocycles. The summed E-state index contributed by atoms with van der Waals surface area (Å²) < 4.78 is 33.1. The van der Waals surface area contributed by atoms with Crippen LogP contribution < -0.4 is 37.9 Å². The van der Waals surface area contributed by atoms with Crippen LogP contribution in [0.1, 0.15) is 97.9 Å². The Hall–Kier alpha value is -6.93. The molecule has 2 aromatic carbocycles. The molecule has 67 heavy (non-hydrogen) atoms. The van der Waals surface area contributed by atoms with Gasteiger partial charge in [0.15, 0.2) is 11.1 Å². The lowest BCUT2D eigenvalue weighted by atomic mass is 9.81. The molecule has 8 rings (SSSR count). The van der Waals surface area contributed by atoms with E-state index >= 15 is 4.39 Å². The highest BCUT2D eigenvalue weighted by molar-refractivity contribution is 5.98. The molecule has 0 saturated carbocycles. The number of hydrogen-bond donors (Lipinski definition) is 7. The van der Waals surface area contributed by atoms with Gasteiger partial charge in [0.05, 0.1) is 48.3 Å². The molecule has 0 radical (unpaired) electrons. The number of carbonyl (C=O) groups excluding carboxylic acids is 6. The van der Waals surface area contributed by atoms with Crippen molar-refractivity contribution in [3.8, 4) is 11.4 Å². The number of urea groups is 1. The molecule has 3 aliphatic heterocycles. The number of amides is 6. The quantitative estimate of drug-likeness (QED) is 0.0589. The number of fused-ring (bicyclic) bond motifs is 5. The van der Waals surface area contributed by atoms with Crippen LogP contribution in [0.4, 0.5) is 19.7 Å². The number of nitrogens with one attached hydrogen (secondary N) is 5. The van der Waals surface area contributed by atoms with E-state index in [0.717, 1.165) is 5.56 Å². The van der Waals surface area contributed by atoms with Gasteiger partial charge in [-0.15, -0.1) is 0 Å². The molecule has 1 fully saturated rings. The van der Waals surface area contributed by atoms with Crippen LogP contribution in [-0.4, -0.2) is 81.8 Å². The maximum atomic E-state index is 15.4. The fourth-order valence-corrected chi connectivity index (χ4v) is 9.27. The van der Waals surface area contributed by atoms with Crippen molar-refractivity contribution in [2.24, 2.45) is 11.7 Å². The maximum Gasteiger partial charge on any atom is 0.408 e. The number of hydrogen-bond acceptors (Lipinski definition) is 12. The summed E-state index contributed by atoms with van der Waals surface area (Å²) >= 11 is 0. The molecule has 0 bridgehead atoms. The summed E-state index contributed by atoms with van der Waals surface area (Å²) in [5.41, 5.74) is 5.86. The summed E-state index contributed by atoms with van der Waals surface area (Å²) in [6.07, 6.45) is 0.693. The lowest BCUT2D eigenvalue weighted by Gasteiger charge is -2.41. The van der Waals surface area contributed by atoms with Crippen molar-refractivity contribution in [2.45, 2.75) is 109 Å². The standard InChI is InChI=1S/C47H53FN8O11/c1-5-47(64)30-16-35-39-28(18-56(35)41(59)29(30)20-66-43(47)61)38-32(13-12-27-24(4)31(48)17-34(53-39)37(27)38)54-42(60)46(21-65-22-46)55-45(63)67-19-25-8-10-26(11-9-25)51-40(58)33(7-6-14-50-44(49)62)52-36(57)15-23(2)3/h8-11,16-17,23,32-33,64H,5-7,12-15,18-22H2,1-4H3,(H,51,58)(H,52,57)(H,54,60)(H,55,63)(H3,49,50,62)/t32-,33+,47-/m1/s1. The Morgan fingerprint density at radius 1 is 1.07 bits per heavy atom. The Kier molecular flexibility index (Phi) is 12.8. The minimum absolute atomic E-state index is 0.0418. The Balaban J connectivity index is 0.959. The number of aryl methyl sites for hydroxylation is 1.